The van der Waals surface area contributed by atoms with Gasteiger partial charge < -0.3 is 14.6 Å². The smallest absolute Gasteiger partial charge is 0.336 e. The van der Waals surface area contributed by atoms with E-state index in [2.05, 4.69) is 0 Å². The van der Waals surface area contributed by atoms with Gasteiger partial charge in [-0.05, 0) is 42.3 Å². The SMILES string of the molecule is COc1ccc(OC)c(/C(=C/c2ccccc2C)C(=O)O)c1. The van der Waals surface area contributed by atoms with E-state index in [1.54, 1.807) is 24.3 Å². The molecule has 0 unspecified atom stereocenters. The second-order valence-electron chi connectivity index (χ2n) is 4.79. The molecule has 0 heterocycles. The van der Waals surface area contributed by atoms with Gasteiger partial charge in [-0.15, -0.1) is 0 Å². The maximum absolute atomic E-state index is 11.7. The molecule has 4 heteroatoms. The highest BCUT2D eigenvalue weighted by Gasteiger charge is 2.17. The van der Waals surface area contributed by atoms with Gasteiger partial charge in [0.15, 0.2) is 0 Å². The van der Waals surface area contributed by atoms with E-state index in [0.29, 0.717) is 17.1 Å². The van der Waals surface area contributed by atoms with E-state index in [1.807, 2.05) is 31.2 Å². The minimum absolute atomic E-state index is 0.157. The molecule has 0 saturated carbocycles. The Balaban J connectivity index is 2.63. The first-order valence-corrected chi connectivity index (χ1v) is 6.80. The summed E-state index contributed by atoms with van der Waals surface area (Å²) in [6.07, 6.45) is 1.65. The number of hydrogen-bond donors (Lipinski definition) is 1. The Morgan fingerprint density at radius 3 is 2.41 bits per heavy atom. The molecule has 0 aromatic heterocycles. The third kappa shape index (κ3) is 3.28. The van der Waals surface area contributed by atoms with E-state index < -0.39 is 5.97 Å². The van der Waals surface area contributed by atoms with Crippen LogP contribution in [0.25, 0.3) is 11.6 Å². The molecule has 22 heavy (non-hydrogen) atoms. The summed E-state index contributed by atoms with van der Waals surface area (Å²) in [5, 5.41) is 9.60. The standard InChI is InChI=1S/C18H18O4/c1-12-6-4-5-7-13(12)10-16(18(19)20)15-11-14(21-2)8-9-17(15)22-3/h4-11H,1-3H3,(H,19,20)/b16-10-. The first-order chi connectivity index (χ1) is 10.6. The monoisotopic (exact) mass is 298 g/mol. The number of carboxylic acid groups (broad SMARTS) is 1. The van der Waals surface area contributed by atoms with Crippen molar-refractivity contribution in [3.05, 3.63) is 59.2 Å². The van der Waals surface area contributed by atoms with Crippen molar-refractivity contribution in [1.29, 1.82) is 0 Å². The van der Waals surface area contributed by atoms with Crippen molar-refractivity contribution in [2.75, 3.05) is 14.2 Å². The van der Waals surface area contributed by atoms with Crippen LogP contribution in [0, 0.1) is 6.92 Å². The average molecular weight is 298 g/mol. The van der Waals surface area contributed by atoms with Crippen molar-refractivity contribution in [2.24, 2.45) is 0 Å². The quantitative estimate of drug-likeness (QED) is 0.676. The zero-order chi connectivity index (χ0) is 16.1. The molecule has 4 nitrogen and oxygen atoms in total. The van der Waals surface area contributed by atoms with E-state index >= 15 is 0 Å². The van der Waals surface area contributed by atoms with Crippen LogP contribution in [0.5, 0.6) is 11.5 Å². The van der Waals surface area contributed by atoms with Gasteiger partial charge in [-0.3, -0.25) is 0 Å². The molecule has 0 atom stereocenters. The summed E-state index contributed by atoms with van der Waals surface area (Å²) in [6, 6.07) is 12.7. The minimum Gasteiger partial charge on any atom is -0.497 e. The Bertz CT molecular complexity index is 717. The van der Waals surface area contributed by atoms with Gasteiger partial charge in [0.2, 0.25) is 0 Å². The van der Waals surface area contributed by atoms with Gasteiger partial charge in [0, 0.05) is 5.56 Å². The van der Waals surface area contributed by atoms with Crippen LogP contribution < -0.4 is 9.47 Å². The van der Waals surface area contributed by atoms with Crippen LogP contribution in [-0.2, 0) is 4.79 Å². The molecule has 0 radical (unpaired) electrons. The Labute approximate surface area is 129 Å². The molecule has 0 aliphatic heterocycles. The Morgan fingerprint density at radius 2 is 1.82 bits per heavy atom. The van der Waals surface area contributed by atoms with Gasteiger partial charge in [-0.1, -0.05) is 24.3 Å². The van der Waals surface area contributed by atoms with Gasteiger partial charge in [0.25, 0.3) is 0 Å². The second-order valence-corrected chi connectivity index (χ2v) is 4.79. The third-order valence-corrected chi connectivity index (χ3v) is 3.42. The van der Waals surface area contributed by atoms with Crippen molar-refractivity contribution in [1.82, 2.24) is 0 Å². The molecular weight excluding hydrogens is 280 g/mol. The average Bonchev–Trinajstić information content (AvgIpc) is 2.53. The highest BCUT2D eigenvalue weighted by atomic mass is 16.5. The lowest BCUT2D eigenvalue weighted by atomic mass is 9.99. The lowest BCUT2D eigenvalue weighted by Crippen LogP contribution is -2.03. The lowest BCUT2D eigenvalue weighted by molar-refractivity contribution is -0.130. The molecule has 2 rings (SSSR count). The van der Waals surface area contributed by atoms with Crippen molar-refractivity contribution in [3.63, 3.8) is 0 Å². The number of aryl methyl sites for hydroxylation is 1. The molecular formula is C18H18O4. The van der Waals surface area contributed by atoms with Crippen LogP contribution in [0.3, 0.4) is 0 Å². The molecule has 0 aliphatic rings. The summed E-state index contributed by atoms with van der Waals surface area (Å²) >= 11 is 0. The van der Waals surface area contributed by atoms with Gasteiger partial charge in [0.1, 0.15) is 11.5 Å². The number of carbonyl (C=O) groups is 1. The summed E-state index contributed by atoms with van der Waals surface area (Å²) in [6.45, 7) is 1.94. The van der Waals surface area contributed by atoms with Crippen LogP contribution in [0.2, 0.25) is 0 Å². The van der Waals surface area contributed by atoms with Crippen molar-refractivity contribution in [2.45, 2.75) is 6.92 Å². The summed E-state index contributed by atoms with van der Waals surface area (Å²) < 4.78 is 10.5. The van der Waals surface area contributed by atoms with E-state index in [0.717, 1.165) is 11.1 Å². The molecule has 0 fully saturated rings. The number of benzene rings is 2. The topological polar surface area (TPSA) is 55.8 Å². The molecule has 1 N–H and O–H groups in total. The predicted octanol–water partition coefficient (Wildman–Crippen LogP) is 3.64. The normalized spacial score (nSPS) is 11.1. The Kier molecular flexibility index (Phi) is 4.84. The maximum Gasteiger partial charge on any atom is 0.336 e. The summed E-state index contributed by atoms with van der Waals surface area (Å²) in [4.78, 5) is 11.7. The zero-order valence-corrected chi connectivity index (χ0v) is 12.8. The number of rotatable bonds is 5. The van der Waals surface area contributed by atoms with Crippen LogP contribution in [0.1, 0.15) is 16.7 Å². The fourth-order valence-corrected chi connectivity index (χ4v) is 2.18. The molecule has 114 valence electrons. The molecule has 0 aliphatic carbocycles. The van der Waals surface area contributed by atoms with E-state index in [1.165, 1.54) is 14.2 Å². The molecule has 2 aromatic carbocycles. The molecule has 0 spiro atoms. The maximum atomic E-state index is 11.7. The van der Waals surface area contributed by atoms with E-state index in [9.17, 15) is 9.90 Å². The number of methoxy groups -OCH3 is 2. The van der Waals surface area contributed by atoms with E-state index in [4.69, 9.17) is 9.47 Å². The molecule has 2 aromatic rings. The van der Waals surface area contributed by atoms with Crippen molar-refractivity contribution >= 4 is 17.6 Å². The van der Waals surface area contributed by atoms with Crippen molar-refractivity contribution in [3.8, 4) is 11.5 Å². The Hall–Kier alpha value is -2.75. The number of aliphatic carboxylic acids is 1. The molecule has 0 bridgehead atoms. The van der Waals surface area contributed by atoms with Crippen molar-refractivity contribution < 1.29 is 19.4 Å². The predicted molar refractivity (Wildman–Crippen MR) is 86.2 cm³/mol. The largest absolute Gasteiger partial charge is 0.497 e. The first kappa shape index (κ1) is 15.6. The van der Waals surface area contributed by atoms with Crippen LogP contribution in [-0.4, -0.2) is 25.3 Å². The van der Waals surface area contributed by atoms with Crippen LogP contribution in [0.15, 0.2) is 42.5 Å². The highest BCUT2D eigenvalue weighted by Crippen LogP contribution is 2.32. The van der Waals surface area contributed by atoms with Crippen LogP contribution in [0.4, 0.5) is 0 Å². The minimum atomic E-state index is -1.02. The Morgan fingerprint density at radius 1 is 1.09 bits per heavy atom. The summed E-state index contributed by atoms with van der Waals surface area (Å²) in [7, 11) is 3.05. The summed E-state index contributed by atoms with van der Waals surface area (Å²) in [5.74, 6) is 0.0468. The zero-order valence-electron chi connectivity index (χ0n) is 12.8. The fraction of sp³-hybridized carbons (Fsp3) is 0.167. The summed E-state index contributed by atoms with van der Waals surface area (Å²) in [5.41, 5.74) is 2.50. The number of carboxylic acids is 1. The number of hydrogen-bond acceptors (Lipinski definition) is 3. The molecule has 0 amide bonds. The van der Waals surface area contributed by atoms with Gasteiger partial charge in [0.05, 0.1) is 19.8 Å². The fourth-order valence-electron chi connectivity index (χ4n) is 2.18. The highest BCUT2D eigenvalue weighted by molar-refractivity contribution is 6.21. The van der Waals surface area contributed by atoms with E-state index in [-0.39, 0.29) is 5.57 Å². The first-order valence-electron chi connectivity index (χ1n) is 6.80. The number of ether oxygens (including phenoxy) is 2. The lowest BCUT2D eigenvalue weighted by Gasteiger charge is -2.12. The van der Waals surface area contributed by atoms with Gasteiger partial charge in [-0.2, -0.15) is 0 Å². The molecule has 0 saturated heterocycles. The second kappa shape index (κ2) is 6.80. The van der Waals surface area contributed by atoms with Crippen LogP contribution >= 0.6 is 0 Å². The van der Waals surface area contributed by atoms with Gasteiger partial charge in [-0.25, -0.2) is 4.79 Å². The van der Waals surface area contributed by atoms with Gasteiger partial charge >= 0.3 is 5.97 Å². The third-order valence-electron chi connectivity index (χ3n) is 3.42.